The van der Waals surface area contributed by atoms with Crippen molar-refractivity contribution in [3.63, 3.8) is 0 Å². The Balaban J connectivity index is 1.80. The van der Waals surface area contributed by atoms with Gasteiger partial charge in [0.05, 0.1) is 22.5 Å². The molecule has 0 aliphatic heterocycles. The fourth-order valence-corrected chi connectivity index (χ4v) is 2.53. The summed E-state index contributed by atoms with van der Waals surface area (Å²) in [7, 11) is 0. The van der Waals surface area contributed by atoms with E-state index in [2.05, 4.69) is 20.1 Å². The SMILES string of the molecule is Nc1nn2cc(-c3ccc(C(=O)O)cn3)cnc2c1-c1ccccn1. The number of nitrogens with two attached hydrogens (primary N) is 1. The summed E-state index contributed by atoms with van der Waals surface area (Å²) in [6.45, 7) is 0. The molecule has 0 saturated heterocycles. The van der Waals surface area contributed by atoms with Crippen molar-refractivity contribution in [2.24, 2.45) is 0 Å². The van der Waals surface area contributed by atoms with Gasteiger partial charge in [0, 0.05) is 30.4 Å². The van der Waals surface area contributed by atoms with Gasteiger partial charge in [0.1, 0.15) is 0 Å². The predicted molar refractivity (Wildman–Crippen MR) is 90.8 cm³/mol. The molecule has 0 spiro atoms. The molecule has 0 unspecified atom stereocenters. The molecule has 0 amide bonds. The van der Waals surface area contributed by atoms with E-state index in [0.717, 1.165) is 0 Å². The maximum absolute atomic E-state index is 10.9. The van der Waals surface area contributed by atoms with Gasteiger partial charge in [-0.05, 0) is 24.3 Å². The Morgan fingerprint density at radius 1 is 1.04 bits per heavy atom. The number of hydrogen-bond donors (Lipinski definition) is 2. The summed E-state index contributed by atoms with van der Waals surface area (Å²) in [6.07, 6.45) is 6.37. The summed E-state index contributed by atoms with van der Waals surface area (Å²) in [5.74, 6) is -0.690. The average Bonchev–Trinajstić information content (AvgIpc) is 2.97. The number of carbonyl (C=O) groups is 1. The number of hydrogen-bond acceptors (Lipinski definition) is 6. The number of anilines is 1. The van der Waals surface area contributed by atoms with Crippen molar-refractivity contribution < 1.29 is 9.90 Å². The topological polar surface area (TPSA) is 119 Å². The molecule has 0 saturated carbocycles. The Labute approximate surface area is 141 Å². The van der Waals surface area contributed by atoms with Crippen LogP contribution in [0.4, 0.5) is 5.82 Å². The zero-order valence-corrected chi connectivity index (χ0v) is 12.9. The lowest BCUT2D eigenvalue weighted by atomic mass is 10.2. The van der Waals surface area contributed by atoms with Crippen molar-refractivity contribution in [1.29, 1.82) is 0 Å². The average molecular weight is 332 g/mol. The van der Waals surface area contributed by atoms with Crippen LogP contribution in [-0.4, -0.2) is 35.6 Å². The molecule has 8 heteroatoms. The van der Waals surface area contributed by atoms with Gasteiger partial charge in [0.25, 0.3) is 0 Å². The lowest BCUT2D eigenvalue weighted by molar-refractivity contribution is 0.0696. The van der Waals surface area contributed by atoms with Crippen LogP contribution >= 0.6 is 0 Å². The normalized spacial score (nSPS) is 10.9. The Morgan fingerprint density at radius 3 is 2.60 bits per heavy atom. The van der Waals surface area contributed by atoms with Crippen LogP contribution in [0.5, 0.6) is 0 Å². The van der Waals surface area contributed by atoms with E-state index in [1.807, 2.05) is 18.2 Å². The van der Waals surface area contributed by atoms with Crippen LogP contribution in [-0.2, 0) is 0 Å². The van der Waals surface area contributed by atoms with Gasteiger partial charge >= 0.3 is 5.97 Å². The van der Waals surface area contributed by atoms with E-state index in [-0.39, 0.29) is 5.56 Å². The van der Waals surface area contributed by atoms with Crippen molar-refractivity contribution in [2.75, 3.05) is 5.73 Å². The largest absolute Gasteiger partial charge is 0.478 e. The Bertz CT molecular complexity index is 1070. The number of nitrogen functional groups attached to an aromatic ring is 1. The first-order valence-corrected chi connectivity index (χ1v) is 7.38. The first-order valence-electron chi connectivity index (χ1n) is 7.38. The van der Waals surface area contributed by atoms with Crippen molar-refractivity contribution in [3.8, 4) is 22.5 Å². The van der Waals surface area contributed by atoms with Crippen molar-refractivity contribution in [1.82, 2.24) is 24.6 Å². The molecule has 0 fully saturated rings. The summed E-state index contributed by atoms with van der Waals surface area (Å²) >= 11 is 0. The van der Waals surface area contributed by atoms with E-state index >= 15 is 0 Å². The van der Waals surface area contributed by atoms with E-state index in [0.29, 0.717) is 34.0 Å². The van der Waals surface area contributed by atoms with Gasteiger partial charge in [-0.15, -0.1) is 5.10 Å². The lowest BCUT2D eigenvalue weighted by Gasteiger charge is -2.03. The molecule has 8 nitrogen and oxygen atoms in total. The monoisotopic (exact) mass is 332 g/mol. The second kappa shape index (κ2) is 5.68. The molecular weight excluding hydrogens is 320 g/mol. The smallest absolute Gasteiger partial charge is 0.337 e. The maximum Gasteiger partial charge on any atom is 0.337 e. The zero-order valence-electron chi connectivity index (χ0n) is 12.9. The highest BCUT2D eigenvalue weighted by Crippen LogP contribution is 2.28. The van der Waals surface area contributed by atoms with E-state index in [9.17, 15) is 4.79 Å². The minimum absolute atomic E-state index is 0.124. The molecule has 0 aromatic carbocycles. The fraction of sp³-hybridized carbons (Fsp3) is 0. The molecule has 25 heavy (non-hydrogen) atoms. The van der Waals surface area contributed by atoms with Gasteiger partial charge < -0.3 is 10.8 Å². The van der Waals surface area contributed by atoms with Crippen LogP contribution in [0, 0.1) is 0 Å². The van der Waals surface area contributed by atoms with E-state index < -0.39 is 5.97 Å². The molecule has 122 valence electrons. The summed E-state index contributed by atoms with van der Waals surface area (Å²) in [4.78, 5) is 23.8. The van der Waals surface area contributed by atoms with Crippen molar-refractivity contribution in [2.45, 2.75) is 0 Å². The number of aromatic carboxylic acids is 1. The van der Waals surface area contributed by atoms with Gasteiger partial charge in [0.2, 0.25) is 0 Å². The summed E-state index contributed by atoms with van der Waals surface area (Å²) in [6, 6.07) is 8.65. The quantitative estimate of drug-likeness (QED) is 0.589. The number of aromatic nitrogens is 5. The minimum atomic E-state index is -1.02. The number of rotatable bonds is 3. The van der Waals surface area contributed by atoms with Crippen LogP contribution < -0.4 is 5.73 Å². The molecule has 4 aromatic rings. The fourth-order valence-electron chi connectivity index (χ4n) is 2.53. The number of carboxylic acids is 1. The van der Waals surface area contributed by atoms with Crippen LogP contribution in [0.2, 0.25) is 0 Å². The Kier molecular flexibility index (Phi) is 3.35. The highest BCUT2D eigenvalue weighted by molar-refractivity contribution is 5.87. The summed E-state index contributed by atoms with van der Waals surface area (Å²) in [5.41, 5.74) is 9.39. The van der Waals surface area contributed by atoms with E-state index in [1.165, 1.54) is 12.3 Å². The third-order valence-electron chi connectivity index (χ3n) is 3.73. The van der Waals surface area contributed by atoms with Gasteiger partial charge in [-0.2, -0.15) is 0 Å². The first kappa shape index (κ1) is 14.8. The van der Waals surface area contributed by atoms with Crippen LogP contribution in [0.15, 0.2) is 55.1 Å². The van der Waals surface area contributed by atoms with Crippen LogP contribution in [0.25, 0.3) is 28.2 Å². The summed E-state index contributed by atoms with van der Waals surface area (Å²) < 4.78 is 1.57. The second-order valence-corrected chi connectivity index (χ2v) is 5.32. The number of nitrogens with zero attached hydrogens (tertiary/aromatic N) is 5. The standard InChI is InChI=1S/C17H12N6O2/c18-15-14(13-3-1-2-6-19-13)16-21-8-11(9-23(16)22-15)12-5-4-10(7-20-12)17(24)25/h1-9H,(H2,18,22)(H,24,25). The van der Waals surface area contributed by atoms with Gasteiger partial charge in [-0.25, -0.2) is 14.3 Å². The number of fused-ring (bicyclic) bond motifs is 1. The molecule has 4 rings (SSSR count). The molecular formula is C17H12N6O2. The Hall–Kier alpha value is -3.81. The minimum Gasteiger partial charge on any atom is -0.478 e. The molecule has 4 aromatic heterocycles. The predicted octanol–water partition coefficient (Wildman–Crippen LogP) is 2.13. The maximum atomic E-state index is 10.9. The highest BCUT2D eigenvalue weighted by atomic mass is 16.4. The molecule has 3 N–H and O–H groups in total. The zero-order chi connectivity index (χ0) is 17.4. The van der Waals surface area contributed by atoms with Gasteiger partial charge in [-0.3, -0.25) is 9.97 Å². The van der Waals surface area contributed by atoms with Crippen LogP contribution in [0.1, 0.15) is 10.4 Å². The first-order chi connectivity index (χ1) is 12.1. The van der Waals surface area contributed by atoms with Crippen molar-refractivity contribution >= 4 is 17.4 Å². The van der Waals surface area contributed by atoms with Gasteiger partial charge in [0.15, 0.2) is 11.5 Å². The molecule has 0 bridgehead atoms. The van der Waals surface area contributed by atoms with Gasteiger partial charge in [-0.1, -0.05) is 6.07 Å². The van der Waals surface area contributed by atoms with Crippen LogP contribution in [0.3, 0.4) is 0 Å². The third-order valence-corrected chi connectivity index (χ3v) is 3.73. The molecule has 0 atom stereocenters. The highest BCUT2D eigenvalue weighted by Gasteiger charge is 2.15. The number of carboxylic acid groups (broad SMARTS) is 1. The Morgan fingerprint density at radius 2 is 1.92 bits per heavy atom. The van der Waals surface area contributed by atoms with Crippen molar-refractivity contribution in [3.05, 3.63) is 60.7 Å². The molecule has 4 heterocycles. The second-order valence-electron chi connectivity index (χ2n) is 5.32. The summed E-state index contributed by atoms with van der Waals surface area (Å²) in [5, 5.41) is 13.2. The number of pyridine rings is 2. The van der Waals surface area contributed by atoms with E-state index in [1.54, 1.807) is 29.2 Å². The third kappa shape index (κ3) is 2.55. The molecule has 0 radical (unpaired) electrons. The molecule has 0 aliphatic carbocycles. The molecule has 0 aliphatic rings. The van der Waals surface area contributed by atoms with E-state index in [4.69, 9.17) is 10.8 Å². The lowest BCUT2D eigenvalue weighted by Crippen LogP contribution is -1.98.